The molecule has 0 aromatic carbocycles. The van der Waals surface area contributed by atoms with Crippen LogP contribution in [-0.2, 0) is 4.79 Å². The Morgan fingerprint density at radius 1 is 1.67 bits per heavy atom. The molecule has 0 radical (unpaired) electrons. The van der Waals surface area contributed by atoms with Gasteiger partial charge >= 0.3 is 11.6 Å². The van der Waals surface area contributed by atoms with E-state index in [2.05, 4.69) is 10.1 Å². The Morgan fingerprint density at radius 2 is 2.44 bits per heavy atom. The summed E-state index contributed by atoms with van der Waals surface area (Å²) >= 11 is 0. The molecule has 4 heteroatoms. The summed E-state index contributed by atoms with van der Waals surface area (Å²) in [7, 11) is 0. The molecule has 48 valence electrons. The van der Waals surface area contributed by atoms with Crippen LogP contribution in [0.1, 0.15) is 12.8 Å². The van der Waals surface area contributed by atoms with Crippen LogP contribution in [0.2, 0.25) is 0 Å². The lowest BCUT2D eigenvalue weighted by Gasteiger charge is -2.05. The van der Waals surface area contributed by atoms with Gasteiger partial charge in [-0.25, -0.2) is 0 Å². The molecule has 0 aromatic heterocycles. The van der Waals surface area contributed by atoms with Crippen molar-refractivity contribution < 1.29 is 9.58 Å². The zero-order chi connectivity index (χ0) is 6.69. The van der Waals surface area contributed by atoms with E-state index in [1.54, 1.807) is 0 Å². The van der Waals surface area contributed by atoms with Gasteiger partial charge in [-0.15, -0.1) is 0 Å². The van der Waals surface area contributed by atoms with Crippen molar-refractivity contribution in [1.82, 2.24) is 5.32 Å². The van der Waals surface area contributed by atoms with Crippen LogP contribution in [0.3, 0.4) is 0 Å². The molecule has 1 heterocycles. The number of hydrogen-bond donors (Lipinski definition) is 1. The van der Waals surface area contributed by atoms with E-state index < -0.39 is 0 Å². The first-order valence-electron chi connectivity index (χ1n) is 2.83. The standard InChI is InChI=1S/C5H7N3O/c6-8-4-2-1-3-7-5(4)9/h1-3H2,(H,7,9). The van der Waals surface area contributed by atoms with Crippen LogP contribution in [0.15, 0.2) is 0 Å². The van der Waals surface area contributed by atoms with Crippen molar-refractivity contribution in [2.75, 3.05) is 6.54 Å². The van der Waals surface area contributed by atoms with Crippen molar-refractivity contribution in [3.63, 3.8) is 0 Å². The van der Waals surface area contributed by atoms with E-state index in [0.717, 1.165) is 6.42 Å². The second kappa shape index (κ2) is 2.42. The summed E-state index contributed by atoms with van der Waals surface area (Å²) in [5.74, 6) is -0.247. The number of hydrogen-bond acceptors (Lipinski definition) is 1. The molecule has 4 nitrogen and oxygen atoms in total. The van der Waals surface area contributed by atoms with E-state index in [0.29, 0.717) is 13.0 Å². The third kappa shape index (κ3) is 1.15. The summed E-state index contributed by atoms with van der Waals surface area (Å²) in [6.45, 7) is 0.692. The van der Waals surface area contributed by atoms with Crippen molar-refractivity contribution in [2.45, 2.75) is 12.8 Å². The molecule has 1 fully saturated rings. The Labute approximate surface area is 52.5 Å². The summed E-state index contributed by atoms with van der Waals surface area (Å²) in [4.78, 5) is 13.5. The highest BCUT2D eigenvalue weighted by atomic mass is 16.1. The normalized spacial score (nSPS) is 18.7. The molecule has 1 N–H and O–H groups in total. The van der Waals surface area contributed by atoms with Crippen LogP contribution in [0, 0.1) is 0 Å². The van der Waals surface area contributed by atoms with E-state index in [9.17, 15) is 4.79 Å². The first-order chi connectivity index (χ1) is 4.34. The quantitative estimate of drug-likeness (QED) is 0.346. The maximum Gasteiger partial charge on any atom is 0.355 e. The number of amides is 1. The van der Waals surface area contributed by atoms with E-state index >= 15 is 0 Å². The fourth-order valence-electron chi connectivity index (χ4n) is 0.769. The molecule has 0 atom stereocenters. The van der Waals surface area contributed by atoms with E-state index in [1.807, 2.05) is 0 Å². The third-order valence-corrected chi connectivity index (χ3v) is 1.26. The predicted octanol–water partition coefficient (Wildman–Crippen LogP) is -0.433. The summed E-state index contributed by atoms with van der Waals surface area (Å²) in [6, 6.07) is 0. The lowest BCUT2D eigenvalue weighted by molar-refractivity contribution is -0.120. The molecule has 9 heavy (non-hydrogen) atoms. The SMILES string of the molecule is [N-]=[N+]=C1CCCNC1=O. The molecule has 1 aliphatic rings. The first kappa shape index (κ1) is 5.98. The first-order valence-corrected chi connectivity index (χ1v) is 2.83. The van der Waals surface area contributed by atoms with Gasteiger partial charge in [-0.1, -0.05) is 0 Å². The lowest BCUT2D eigenvalue weighted by Crippen LogP contribution is -2.37. The van der Waals surface area contributed by atoms with E-state index in [4.69, 9.17) is 5.53 Å². The van der Waals surface area contributed by atoms with Crippen LogP contribution in [0.5, 0.6) is 0 Å². The van der Waals surface area contributed by atoms with E-state index in [-0.39, 0.29) is 11.6 Å². The average molecular weight is 125 g/mol. The minimum absolute atomic E-state index is 0.237. The maximum atomic E-state index is 10.6. The Morgan fingerprint density at radius 3 is 2.89 bits per heavy atom. The molecule has 1 aliphatic heterocycles. The lowest BCUT2D eigenvalue weighted by atomic mass is 10.1. The smallest absolute Gasteiger partial charge is 0.355 e. The van der Waals surface area contributed by atoms with Gasteiger partial charge in [0, 0.05) is 6.54 Å². The van der Waals surface area contributed by atoms with Gasteiger partial charge in [-0.3, -0.25) is 4.79 Å². The monoisotopic (exact) mass is 125 g/mol. The van der Waals surface area contributed by atoms with Gasteiger partial charge in [0.1, 0.15) is 0 Å². The Balaban J connectivity index is 2.71. The number of nitrogens with one attached hydrogen (secondary N) is 1. The summed E-state index contributed by atoms with van der Waals surface area (Å²) in [5, 5.41) is 2.55. The highest BCUT2D eigenvalue weighted by Crippen LogP contribution is 1.95. The molecular weight excluding hydrogens is 118 g/mol. The molecule has 0 aliphatic carbocycles. The number of rotatable bonds is 0. The highest BCUT2D eigenvalue weighted by Gasteiger charge is 2.22. The average Bonchev–Trinajstić information content (AvgIpc) is 1.89. The molecule has 1 amide bonds. The maximum absolute atomic E-state index is 10.6. The van der Waals surface area contributed by atoms with Crippen LogP contribution < -0.4 is 5.32 Å². The van der Waals surface area contributed by atoms with Crippen molar-refractivity contribution >= 4 is 11.6 Å². The van der Waals surface area contributed by atoms with Gasteiger partial charge in [-0.2, -0.15) is 4.79 Å². The Bertz CT molecular complexity index is 181. The summed E-state index contributed by atoms with van der Waals surface area (Å²) in [6.07, 6.45) is 1.45. The second-order valence-electron chi connectivity index (χ2n) is 1.91. The van der Waals surface area contributed by atoms with Crippen molar-refractivity contribution in [1.29, 1.82) is 0 Å². The predicted molar refractivity (Wildman–Crippen MR) is 30.9 cm³/mol. The Kier molecular flexibility index (Phi) is 1.60. The highest BCUT2D eigenvalue weighted by molar-refractivity contribution is 6.36. The third-order valence-electron chi connectivity index (χ3n) is 1.26. The fraction of sp³-hybridized carbons (Fsp3) is 0.600. The zero-order valence-corrected chi connectivity index (χ0v) is 4.92. The van der Waals surface area contributed by atoms with E-state index in [1.165, 1.54) is 0 Å². The summed E-state index contributed by atoms with van der Waals surface area (Å²) < 4.78 is 0. The van der Waals surface area contributed by atoms with Crippen LogP contribution >= 0.6 is 0 Å². The molecular formula is C5H7N3O. The molecule has 0 spiro atoms. The van der Waals surface area contributed by atoms with Crippen molar-refractivity contribution in [3.8, 4) is 0 Å². The van der Waals surface area contributed by atoms with Crippen LogP contribution in [-0.4, -0.2) is 23.0 Å². The number of carbonyl (C=O) groups excluding carboxylic acids is 1. The molecule has 0 bridgehead atoms. The van der Waals surface area contributed by atoms with Crippen molar-refractivity contribution in [2.24, 2.45) is 0 Å². The number of nitrogens with zero attached hydrogens (tertiary/aromatic N) is 2. The topological polar surface area (TPSA) is 65.5 Å². The molecule has 1 rings (SSSR count). The van der Waals surface area contributed by atoms with Crippen LogP contribution in [0.25, 0.3) is 5.53 Å². The molecule has 0 unspecified atom stereocenters. The van der Waals surface area contributed by atoms with Gasteiger partial charge < -0.3 is 10.8 Å². The number of carbonyl (C=O) groups is 1. The second-order valence-corrected chi connectivity index (χ2v) is 1.91. The molecule has 1 saturated heterocycles. The van der Waals surface area contributed by atoms with Gasteiger partial charge in [0.2, 0.25) is 0 Å². The van der Waals surface area contributed by atoms with Crippen molar-refractivity contribution in [3.05, 3.63) is 5.53 Å². The minimum atomic E-state index is -0.247. The Hall–Kier alpha value is -1.15. The molecule has 0 aromatic rings. The van der Waals surface area contributed by atoms with Crippen LogP contribution in [0.4, 0.5) is 0 Å². The van der Waals surface area contributed by atoms with Gasteiger partial charge in [-0.05, 0) is 6.42 Å². The van der Waals surface area contributed by atoms with Gasteiger partial charge in [0.05, 0.1) is 6.42 Å². The largest absolute Gasteiger partial charge is 0.361 e. The van der Waals surface area contributed by atoms with Gasteiger partial charge in [0.15, 0.2) is 0 Å². The number of piperidine rings is 1. The zero-order valence-electron chi connectivity index (χ0n) is 4.92. The van der Waals surface area contributed by atoms with Gasteiger partial charge in [0.25, 0.3) is 0 Å². The molecule has 0 saturated carbocycles. The minimum Gasteiger partial charge on any atom is -0.361 e. The summed E-state index contributed by atoms with van der Waals surface area (Å²) in [5.41, 5.74) is 8.43. The fourth-order valence-corrected chi connectivity index (χ4v) is 0.769.